The number of para-hydroxylation sites is 2. The van der Waals surface area contributed by atoms with E-state index in [-0.39, 0.29) is 20.1 Å². The molecule has 0 aliphatic carbocycles. The van der Waals surface area contributed by atoms with Gasteiger partial charge in [0.1, 0.15) is 11.2 Å². The van der Waals surface area contributed by atoms with Gasteiger partial charge in [-0.2, -0.15) is 0 Å². The van der Waals surface area contributed by atoms with Crippen LogP contribution in [0.2, 0.25) is 0 Å². The Kier molecular flexibility index (Phi) is 5.31. The minimum absolute atomic E-state index is 0. The van der Waals surface area contributed by atoms with Crippen LogP contribution in [0.5, 0.6) is 0 Å². The van der Waals surface area contributed by atoms with Gasteiger partial charge in [-0.15, -0.1) is 18.2 Å². The Hall–Kier alpha value is -4.82. The van der Waals surface area contributed by atoms with Crippen molar-refractivity contribution in [2.45, 2.75) is 0 Å². The fourth-order valence-corrected chi connectivity index (χ4v) is 5.71. The number of nitrogens with zero attached hydrogens (tertiary/aromatic N) is 5. The summed E-state index contributed by atoms with van der Waals surface area (Å²) in [5, 5.41) is 5.35. The summed E-state index contributed by atoms with van der Waals surface area (Å²) in [6, 6.07) is 35.4. The first-order chi connectivity index (χ1) is 18.8. The second-order valence-electron chi connectivity index (χ2n) is 9.38. The van der Waals surface area contributed by atoms with E-state index in [1.165, 1.54) is 21.8 Å². The van der Waals surface area contributed by atoms with Crippen molar-refractivity contribution in [3.05, 3.63) is 127 Å². The molecule has 0 aliphatic heterocycles. The number of benzene rings is 4. The van der Waals surface area contributed by atoms with Gasteiger partial charge in [-0.25, -0.2) is 0 Å². The van der Waals surface area contributed by atoms with Crippen molar-refractivity contribution in [2.24, 2.45) is 0 Å². The van der Waals surface area contributed by atoms with Gasteiger partial charge in [-0.3, -0.25) is 14.4 Å². The van der Waals surface area contributed by atoms with E-state index < -0.39 is 0 Å². The molecule has 0 N–H and O–H groups in total. The van der Waals surface area contributed by atoms with Gasteiger partial charge in [0.2, 0.25) is 5.82 Å². The molecule has 4 aromatic carbocycles. The van der Waals surface area contributed by atoms with Gasteiger partial charge in [-0.1, -0.05) is 77.0 Å². The number of imidazole rings is 1. The quantitative estimate of drug-likeness (QED) is 0.137. The first kappa shape index (κ1) is 23.3. The van der Waals surface area contributed by atoms with Crippen LogP contribution < -0.4 is 0 Å². The Morgan fingerprint density at radius 2 is 1.49 bits per heavy atom. The van der Waals surface area contributed by atoms with Gasteiger partial charge < -0.3 is 9.41 Å². The zero-order chi connectivity index (χ0) is 25.2. The van der Waals surface area contributed by atoms with Gasteiger partial charge in [0.15, 0.2) is 0 Å². The fraction of sp³-hybridized carbons (Fsp3) is 0. The van der Waals surface area contributed by atoms with E-state index in [4.69, 9.17) is 6.57 Å². The number of hydrogen-bond donors (Lipinski definition) is 0. The summed E-state index contributed by atoms with van der Waals surface area (Å²) in [6.07, 6.45) is 5.24. The van der Waals surface area contributed by atoms with Crippen molar-refractivity contribution in [3.8, 4) is 16.8 Å². The molecule has 0 aliphatic rings. The van der Waals surface area contributed by atoms with Crippen molar-refractivity contribution in [1.29, 1.82) is 0 Å². The Morgan fingerprint density at radius 3 is 2.26 bits per heavy atom. The third kappa shape index (κ3) is 3.35. The Morgan fingerprint density at radius 1 is 0.718 bits per heavy atom. The Balaban J connectivity index is 0.00000253. The second-order valence-corrected chi connectivity index (χ2v) is 9.38. The van der Waals surface area contributed by atoms with Crippen LogP contribution >= 0.6 is 0 Å². The molecule has 4 aromatic heterocycles. The van der Waals surface area contributed by atoms with Crippen LogP contribution in [-0.4, -0.2) is 18.9 Å². The molecule has 8 aromatic rings. The van der Waals surface area contributed by atoms with Gasteiger partial charge in [0.05, 0.1) is 11.0 Å². The van der Waals surface area contributed by atoms with Crippen LogP contribution in [0.4, 0.5) is 5.82 Å². The summed E-state index contributed by atoms with van der Waals surface area (Å²) in [7, 11) is 0. The maximum atomic E-state index is 7.59. The molecule has 0 saturated heterocycles. The fourth-order valence-electron chi connectivity index (χ4n) is 5.71. The third-order valence-corrected chi connectivity index (χ3v) is 7.37. The maximum Gasteiger partial charge on any atom is 0.245 e. The summed E-state index contributed by atoms with van der Waals surface area (Å²) in [6.45, 7) is 7.59. The molecule has 6 heteroatoms. The normalized spacial score (nSPS) is 11.4. The SMILES string of the molecule is [C-]#[N+]c1cnc2c3[c-]cc(-c4cccc(-n5c6ccccc6c6ccccc65)c4)cc3c3cnccc3n12.[Ir]. The average molecular weight is 677 g/mol. The molecule has 4 heterocycles. The Labute approximate surface area is 237 Å². The zero-order valence-corrected chi connectivity index (χ0v) is 22.9. The van der Waals surface area contributed by atoms with Crippen molar-refractivity contribution < 1.29 is 20.1 Å². The average Bonchev–Trinajstić information content (AvgIpc) is 3.57. The number of pyridine rings is 2. The van der Waals surface area contributed by atoms with E-state index in [2.05, 4.69) is 104 Å². The van der Waals surface area contributed by atoms with Crippen LogP contribution in [0.1, 0.15) is 0 Å². The molecule has 0 amide bonds. The third-order valence-electron chi connectivity index (χ3n) is 7.37. The van der Waals surface area contributed by atoms with E-state index in [0.29, 0.717) is 5.82 Å². The first-order valence-corrected chi connectivity index (χ1v) is 12.4. The second kappa shape index (κ2) is 8.89. The Bertz CT molecular complexity index is 2220. The predicted octanol–water partition coefficient (Wildman–Crippen LogP) is 8.15. The maximum absolute atomic E-state index is 7.59. The van der Waals surface area contributed by atoms with E-state index in [9.17, 15) is 0 Å². The molecule has 39 heavy (non-hydrogen) atoms. The van der Waals surface area contributed by atoms with E-state index in [1.54, 1.807) is 12.4 Å². The van der Waals surface area contributed by atoms with Crippen LogP contribution in [0.25, 0.3) is 70.8 Å². The number of hydrogen-bond acceptors (Lipinski definition) is 2. The topological polar surface area (TPSA) is 39.5 Å². The van der Waals surface area contributed by atoms with E-state index in [1.807, 2.05) is 22.7 Å². The first-order valence-electron chi connectivity index (χ1n) is 12.4. The molecule has 185 valence electrons. The smallest absolute Gasteiger partial charge is 0.245 e. The molecule has 0 spiro atoms. The summed E-state index contributed by atoms with van der Waals surface area (Å²) in [4.78, 5) is 12.6. The van der Waals surface area contributed by atoms with E-state index >= 15 is 0 Å². The summed E-state index contributed by atoms with van der Waals surface area (Å²) in [5.74, 6) is 0.481. The molecule has 5 nitrogen and oxygen atoms in total. The standard InChI is InChI=1S/C33H18N5.Ir/c1-34-32-20-36-33-26-14-13-22(18-27(26)28-19-35-16-15-31(28)38(32)33)21-7-6-8-23(17-21)37-29-11-4-2-9-24(29)25-10-3-5-12-30(25)37;/h2-13,15-20H;/q-1;. The van der Waals surface area contributed by atoms with E-state index in [0.717, 1.165) is 44.1 Å². The van der Waals surface area contributed by atoms with Crippen LogP contribution in [0.15, 0.2) is 110 Å². The zero-order valence-electron chi connectivity index (χ0n) is 20.5. The minimum atomic E-state index is 0. The van der Waals surface area contributed by atoms with Crippen LogP contribution in [0, 0.1) is 12.6 Å². The number of fused-ring (bicyclic) bond motifs is 9. The largest absolute Gasteiger partial charge is 0.363 e. The van der Waals surface area contributed by atoms with Crippen molar-refractivity contribution in [1.82, 2.24) is 18.9 Å². The van der Waals surface area contributed by atoms with Crippen molar-refractivity contribution >= 4 is 54.9 Å². The predicted molar refractivity (Wildman–Crippen MR) is 153 cm³/mol. The molecular weight excluding hydrogens is 659 g/mol. The molecule has 8 rings (SSSR count). The molecule has 0 fully saturated rings. The number of aromatic nitrogens is 4. The summed E-state index contributed by atoms with van der Waals surface area (Å²) < 4.78 is 4.23. The van der Waals surface area contributed by atoms with Gasteiger partial charge in [-0.05, 0) is 24.3 Å². The minimum Gasteiger partial charge on any atom is -0.363 e. The molecule has 0 unspecified atom stereocenters. The van der Waals surface area contributed by atoms with Gasteiger partial charge in [0.25, 0.3) is 0 Å². The molecule has 1 radical (unpaired) electrons. The molecule has 0 atom stereocenters. The molecule has 0 bridgehead atoms. The summed E-state index contributed by atoms with van der Waals surface area (Å²) >= 11 is 0. The monoisotopic (exact) mass is 677 g/mol. The van der Waals surface area contributed by atoms with Crippen molar-refractivity contribution in [3.63, 3.8) is 0 Å². The molecule has 0 saturated carbocycles. The van der Waals surface area contributed by atoms with Crippen molar-refractivity contribution in [2.75, 3.05) is 0 Å². The van der Waals surface area contributed by atoms with Gasteiger partial charge in [0, 0.05) is 66.6 Å². The molecular formula is C33H18IrN5-. The van der Waals surface area contributed by atoms with Gasteiger partial charge >= 0.3 is 0 Å². The number of rotatable bonds is 2. The summed E-state index contributed by atoms with van der Waals surface area (Å²) in [5.41, 5.74) is 7.29. The van der Waals surface area contributed by atoms with Crippen LogP contribution in [0.3, 0.4) is 0 Å². The van der Waals surface area contributed by atoms with Crippen LogP contribution in [-0.2, 0) is 20.1 Å².